The first-order valence-electron chi connectivity index (χ1n) is 8.11. The third-order valence-corrected chi connectivity index (χ3v) is 4.43. The highest BCUT2D eigenvalue weighted by molar-refractivity contribution is 14.0. The lowest BCUT2D eigenvalue weighted by molar-refractivity contribution is -0.135. The first-order valence-corrected chi connectivity index (χ1v) is 8.11. The van der Waals surface area contributed by atoms with Crippen molar-refractivity contribution in [3.05, 3.63) is 12.7 Å². The molecule has 0 spiro atoms. The van der Waals surface area contributed by atoms with Crippen molar-refractivity contribution in [1.29, 1.82) is 0 Å². The van der Waals surface area contributed by atoms with Gasteiger partial charge in [0.05, 0.1) is 0 Å². The van der Waals surface area contributed by atoms with Crippen LogP contribution in [-0.2, 0) is 4.79 Å². The van der Waals surface area contributed by atoms with E-state index in [0.717, 1.165) is 38.3 Å². The van der Waals surface area contributed by atoms with Crippen LogP contribution in [0.4, 0.5) is 0 Å². The van der Waals surface area contributed by atoms with Gasteiger partial charge in [-0.05, 0) is 19.3 Å². The van der Waals surface area contributed by atoms with Crippen LogP contribution in [0.5, 0.6) is 0 Å². The molecule has 5 nitrogen and oxygen atoms in total. The number of amides is 1. The Kier molecular flexibility index (Phi) is 8.82. The van der Waals surface area contributed by atoms with Crippen molar-refractivity contribution in [3.63, 3.8) is 0 Å². The molecule has 0 bridgehead atoms. The smallest absolute Gasteiger partial charge is 0.225 e. The average Bonchev–Trinajstić information content (AvgIpc) is 3.00. The molecular formula is C16H29IN4O. The summed E-state index contributed by atoms with van der Waals surface area (Å²) in [6.45, 7) is 6.04. The van der Waals surface area contributed by atoms with E-state index in [4.69, 9.17) is 0 Å². The number of carbonyl (C=O) groups excluding carboxylic acids is 1. The number of carbonyl (C=O) groups is 1. The van der Waals surface area contributed by atoms with E-state index in [1.165, 1.54) is 19.3 Å². The summed E-state index contributed by atoms with van der Waals surface area (Å²) in [6, 6.07) is 0.300. The molecular weight excluding hydrogens is 391 g/mol. The molecule has 1 atom stereocenters. The Hall–Kier alpha value is -0.790. The standard InChI is InChI=1S/C16H28N4O.HI/c1-3-10-18-16(17-2)19-14-9-11-20(12-14)15(21)13-7-5-4-6-8-13;/h3,13-14H,1,4-12H2,2H3,(H2,17,18,19);1H. The molecule has 1 saturated carbocycles. The summed E-state index contributed by atoms with van der Waals surface area (Å²) in [5, 5.41) is 6.56. The lowest BCUT2D eigenvalue weighted by Crippen LogP contribution is -2.45. The largest absolute Gasteiger partial charge is 0.353 e. The quantitative estimate of drug-likeness (QED) is 0.317. The molecule has 0 aromatic rings. The van der Waals surface area contributed by atoms with Crippen molar-refractivity contribution < 1.29 is 4.79 Å². The van der Waals surface area contributed by atoms with Crippen LogP contribution < -0.4 is 10.6 Å². The maximum Gasteiger partial charge on any atom is 0.225 e. The molecule has 1 heterocycles. The number of nitrogens with one attached hydrogen (secondary N) is 2. The normalized spacial score (nSPS) is 22.9. The second-order valence-electron chi connectivity index (χ2n) is 5.99. The minimum Gasteiger partial charge on any atom is -0.353 e. The SMILES string of the molecule is C=CCNC(=NC)NC1CCN(C(=O)C2CCCCC2)C1.I. The Morgan fingerprint density at radius 2 is 2.05 bits per heavy atom. The van der Waals surface area contributed by atoms with E-state index in [9.17, 15) is 4.79 Å². The Labute approximate surface area is 151 Å². The number of aliphatic imine (C=N–C) groups is 1. The molecule has 126 valence electrons. The summed E-state index contributed by atoms with van der Waals surface area (Å²) in [4.78, 5) is 18.7. The number of hydrogen-bond donors (Lipinski definition) is 2. The summed E-state index contributed by atoms with van der Waals surface area (Å²) >= 11 is 0. The summed E-state index contributed by atoms with van der Waals surface area (Å²) in [6.07, 6.45) is 8.67. The lowest BCUT2D eigenvalue weighted by Gasteiger charge is -2.26. The van der Waals surface area contributed by atoms with Crippen molar-refractivity contribution in [3.8, 4) is 0 Å². The zero-order chi connectivity index (χ0) is 15.1. The van der Waals surface area contributed by atoms with E-state index < -0.39 is 0 Å². The van der Waals surface area contributed by atoms with Crippen LogP contribution in [0.3, 0.4) is 0 Å². The molecule has 2 fully saturated rings. The summed E-state index contributed by atoms with van der Waals surface area (Å²) in [5.41, 5.74) is 0. The van der Waals surface area contributed by atoms with Crippen molar-refractivity contribution in [1.82, 2.24) is 15.5 Å². The van der Waals surface area contributed by atoms with Crippen molar-refractivity contribution in [2.75, 3.05) is 26.7 Å². The molecule has 1 unspecified atom stereocenters. The first kappa shape index (κ1) is 19.3. The zero-order valence-electron chi connectivity index (χ0n) is 13.5. The Bertz CT molecular complexity index is 394. The topological polar surface area (TPSA) is 56.7 Å². The number of guanidine groups is 1. The predicted molar refractivity (Wildman–Crippen MR) is 102 cm³/mol. The maximum absolute atomic E-state index is 12.5. The number of rotatable bonds is 4. The van der Waals surface area contributed by atoms with E-state index in [-0.39, 0.29) is 29.9 Å². The molecule has 2 aliphatic rings. The summed E-state index contributed by atoms with van der Waals surface area (Å²) < 4.78 is 0. The highest BCUT2D eigenvalue weighted by Gasteiger charge is 2.31. The van der Waals surface area contributed by atoms with Crippen LogP contribution >= 0.6 is 24.0 Å². The first-order chi connectivity index (χ1) is 10.2. The van der Waals surface area contributed by atoms with Gasteiger partial charge in [-0.1, -0.05) is 25.3 Å². The highest BCUT2D eigenvalue weighted by Crippen LogP contribution is 2.26. The monoisotopic (exact) mass is 420 g/mol. The van der Waals surface area contributed by atoms with Gasteiger partial charge in [0.25, 0.3) is 0 Å². The average molecular weight is 420 g/mol. The van der Waals surface area contributed by atoms with E-state index in [1.54, 1.807) is 13.1 Å². The van der Waals surface area contributed by atoms with Gasteiger partial charge in [-0.3, -0.25) is 9.79 Å². The van der Waals surface area contributed by atoms with Crippen molar-refractivity contribution in [2.24, 2.45) is 10.9 Å². The summed E-state index contributed by atoms with van der Waals surface area (Å²) in [7, 11) is 1.76. The summed E-state index contributed by atoms with van der Waals surface area (Å²) in [5.74, 6) is 1.43. The third kappa shape index (κ3) is 5.44. The van der Waals surface area contributed by atoms with Gasteiger partial charge in [0, 0.05) is 38.6 Å². The van der Waals surface area contributed by atoms with E-state index >= 15 is 0 Å². The fourth-order valence-corrected chi connectivity index (χ4v) is 3.24. The molecule has 22 heavy (non-hydrogen) atoms. The molecule has 2 rings (SSSR count). The molecule has 1 saturated heterocycles. The minimum absolute atomic E-state index is 0. The number of nitrogens with zero attached hydrogens (tertiary/aromatic N) is 2. The second kappa shape index (κ2) is 10.1. The van der Waals surface area contributed by atoms with Gasteiger partial charge in [0.1, 0.15) is 0 Å². The van der Waals surface area contributed by atoms with Gasteiger partial charge in [-0.25, -0.2) is 0 Å². The van der Waals surface area contributed by atoms with E-state index in [2.05, 4.69) is 22.2 Å². The molecule has 1 amide bonds. The Morgan fingerprint density at radius 1 is 1.32 bits per heavy atom. The molecule has 6 heteroatoms. The van der Waals surface area contributed by atoms with Crippen LogP contribution in [0.2, 0.25) is 0 Å². The van der Waals surface area contributed by atoms with Crippen LogP contribution in [-0.4, -0.2) is 49.5 Å². The van der Waals surface area contributed by atoms with Crippen LogP contribution in [0, 0.1) is 5.92 Å². The third-order valence-electron chi connectivity index (χ3n) is 4.43. The van der Waals surface area contributed by atoms with E-state index in [0.29, 0.717) is 18.5 Å². The fourth-order valence-electron chi connectivity index (χ4n) is 3.24. The van der Waals surface area contributed by atoms with Crippen LogP contribution in [0.15, 0.2) is 17.6 Å². The van der Waals surface area contributed by atoms with Crippen molar-refractivity contribution >= 4 is 35.8 Å². The van der Waals surface area contributed by atoms with Crippen LogP contribution in [0.1, 0.15) is 38.5 Å². The number of hydrogen-bond acceptors (Lipinski definition) is 2. The highest BCUT2D eigenvalue weighted by atomic mass is 127. The molecule has 0 aromatic carbocycles. The van der Waals surface area contributed by atoms with Gasteiger partial charge in [-0.2, -0.15) is 0 Å². The lowest BCUT2D eigenvalue weighted by atomic mass is 9.88. The van der Waals surface area contributed by atoms with Crippen molar-refractivity contribution in [2.45, 2.75) is 44.6 Å². The molecule has 0 aromatic heterocycles. The van der Waals surface area contributed by atoms with Gasteiger partial charge in [0.15, 0.2) is 5.96 Å². The molecule has 0 radical (unpaired) electrons. The molecule has 2 N–H and O–H groups in total. The van der Waals surface area contributed by atoms with Gasteiger partial charge < -0.3 is 15.5 Å². The maximum atomic E-state index is 12.5. The number of halogens is 1. The minimum atomic E-state index is 0. The Morgan fingerprint density at radius 3 is 2.68 bits per heavy atom. The molecule has 1 aliphatic carbocycles. The Balaban J connectivity index is 0.00000242. The predicted octanol–water partition coefficient (Wildman–Crippen LogP) is 2.14. The molecule has 1 aliphatic heterocycles. The number of likely N-dealkylation sites (tertiary alicyclic amines) is 1. The van der Waals surface area contributed by atoms with Gasteiger partial charge >= 0.3 is 0 Å². The fraction of sp³-hybridized carbons (Fsp3) is 0.750. The van der Waals surface area contributed by atoms with E-state index in [1.807, 2.05) is 4.90 Å². The van der Waals surface area contributed by atoms with Gasteiger partial charge in [-0.15, -0.1) is 30.6 Å². The second-order valence-corrected chi connectivity index (χ2v) is 5.99. The zero-order valence-corrected chi connectivity index (χ0v) is 15.8. The van der Waals surface area contributed by atoms with Gasteiger partial charge in [0.2, 0.25) is 5.91 Å². The van der Waals surface area contributed by atoms with Crippen LogP contribution in [0.25, 0.3) is 0 Å².